The van der Waals surface area contributed by atoms with Crippen molar-refractivity contribution in [2.24, 2.45) is 5.92 Å². The first-order chi connectivity index (χ1) is 12.0. The minimum Gasteiger partial charge on any atom is -0.497 e. The molecule has 0 aliphatic carbocycles. The number of rotatable bonds is 8. The van der Waals surface area contributed by atoms with Gasteiger partial charge in [0, 0.05) is 18.8 Å². The van der Waals surface area contributed by atoms with Gasteiger partial charge in [-0.05, 0) is 30.5 Å². The van der Waals surface area contributed by atoms with Crippen molar-refractivity contribution in [3.8, 4) is 11.5 Å². The van der Waals surface area contributed by atoms with Crippen molar-refractivity contribution in [2.75, 3.05) is 26.1 Å². The van der Waals surface area contributed by atoms with E-state index in [0.717, 1.165) is 6.42 Å². The van der Waals surface area contributed by atoms with Gasteiger partial charge in [0.25, 0.3) is 5.91 Å². The molecule has 0 aliphatic heterocycles. The number of hydrogen-bond donors (Lipinski definition) is 2. The summed E-state index contributed by atoms with van der Waals surface area (Å²) in [5.41, 5.74) is 0.995. The van der Waals surface area contributed by atoms with Crippen LogP contribution in [0.3, 0.4) is 0 Å². The smallest absolute Gasteiger partial charge is 0.270 e. The van der Waals surface area contributed by atoms with E-state index in [2.05, 4.69) is 34.4 Å². The molecular formula is C18H24N4O3. The van der Waals surface area contributed by atoms with Crippen LogP contribution in [0, 0.1) is 5.92 Å². The van der Waals surface area contributed by atoms with Gasteiger partial charge in [-0.15, -0.1) is 0 Å². The van der Waals surface area contributed by atoms with Crippen LogP contribution in [-0.4, -0.2) is 36.6 Å². The first-order valence-corrected chi connectivity index (χ1v) is 8.13. The lowest BCUT2D eigenvalue weighted by molar-refractivity contribution is 0.0947. The van der Waals surface area contributed by atoms with Gasteiger partial charge >= 0.3 is 0 Å². The molecule has 7 heteroatoms. The molecule has 2 N–H and O–H groups in total. The van der Waals surface area contributed by atoms with Crippen molar-refractivity contribution in [1.82, 2.24) is 15.3 Å². The van der Waals surface area contributed by atoms with Crippen LogP contribution in [0.15, 0.2) is 30.5 Å². The Bertz CT molecular complexity index is 719. The Morgan fingerprint density at radius 1 is 1.20 bits per heavy atom. The molecule has 7 nitrogen and oxygen atoms in total. The SMILES string of the molecule is COc1ccc(Nc2nccc(C(=O)NCCC(C)C)n2)c(OC)c1. The zero-order valence-corrected chi connectivity index (χ0v) is 15.0. The highest BCUT2D eigenvalue weighted by Crippen LogP contribution is 2.30. The van der Waals surface area contributed by atoms with Crippen molar-refractivity contribution >= 4 is 17.5 Å². The summed E-state index contributed by atoms with van der Waals surface area (Å²) in [6.45, 7) is 4.85. The topological polar surface area (TPSA) is 85.4 Å². The quantitative estimate of drug-likeness (QED) is 0.766. The van der Waals surface area contributed by atoms with Gasteiger partial charge in [-0.2, -0.15) is 0 Å². The predicted octanol–water partition coefficient (Wildman–Crippen LogP) is 3.01. The van der Waals surface area contributed by atoms with E-state index in [4.69, 9.17) is 9.47 Å². The fourth-order valence-electron chi connectivity index (χ4n) is 2.13. The number of amides is 1. The molecule has 1 heterocycles. The van der Waals surface area contributed by atoms with Crippen LogP contribution in [0.1, 0.15) is 30.8 Å². The Labute approximate surface area is 147 Å². The summed E-state index contributed by atoms with van der Waals surface area (Å²) in [5, 5.41) is 5.92. The highest BCUT2D eigenvalue weighted by atomic mass is 16.5. The van der Waals surface area contributed by atoms with Crippen molar-refractivity contribution < 1.29 is 14.3 Å². The average molecular weight is 344 g/mol. The predicted molar refractivity (Wildman–Crippen MR) is 96.6 cm³/mol. The number of benzene rings is 1. The summed E-state index contributed by atoms with van der Waals surface area (Å²) in [6, 6.07) is 6.94. The molecule has 2 rings (SSSR count). The first-order valence-electron chi connectivity index (χ1n) is 8.13. The van der Waals surface area contributed by atoms with Gasteiger partial charge in [0.1, 0.15) is 17.2 Å². The lowest BCUT2D eigenvalue weighted by Gasteiger charge is -2.12. The van der Waals surface area contributed by atoms with Crippen molar-refractivity contribution in [2.45, 2.75) is 20.3 Å². The lowest BCUT2D eigenvalue weighted by Crippen LogP contribution is -2.26. The fraction of sp³-hybridized carbons (Fsp3) is 0.389. The second kappa shape index (κ2) is 8.86. The second-order valence-electron chi connectivity index (χ2n) is 5.90. The van der Waals surface area contributed by atoms with Gasteiger partial charge in [-0.1, -0.05) is 13.8 Å². The maximum Gasteiger partial charge on any atom is 0.270 e. The fourth-order valence-corrected chi connectivity index (χ4v) is 2.13. The number of ether oxygens (including phenoxy) is 2. The average Bonchev–Trinajstić information content (AvgIpc) is 2.62. The number of aromatic nitrogens is 2. The normalized spacial score (nSPS) is 10.4. The van der Waals surface area contributed by atoms with Gasteiger partial charge < -0.3 is 20.1 Å². The van der Waals surface area contributed by atoms with Gasteiger partial charge in [0.15, 0.2) is 0 Å². The Morgan fingerprint density at radius 3 is 2.68 bits per heavy atom. The number of nitrogens with zero attached hydrogens (tertiary/aromatic N) is 2. The van der Waals surface area contributed by atoms with Gasteiger partial charge in [0.2, 0.25) is 5.95 Å². The highest BCUT2D eigenvalue weighted by molar-refractivity contribution is 5.92. The maximum atomic E-state index is 12.2. The molecule has 0 atom stereocenters. The molecule has 2 aromatic rings. The third-order valence-electron chi connectivity index (χ3n) is 3.55. The number of anilines is 2. The minimum atomic E-state index is -0.215. The van der Waals surface area contributed by atoms with Gasteiger partial charge in [0.05, 0.1) is 19.9 Å². The summed E-state index contributed by atoms with van der Waals surface area (Å²) in [4.78, 5) is 20.6. The van der Waals surface area contributed by atoms with E-state index in [9.17, 15) is 4.79 Å². The Balaban J connectivity index is 2.10. The molecule has 1 aromatic heterocycles. The molecule has 134 valence electrons. The van der Waals surface area contributed by atoms with Gasteiger partial charge in [-0.3, -0.25) is 4.79 Å². The van der Waals surface area contributed by atoms with Crippen LogP contribution in [0.25, 0.3) is 0 Å². The highest BCUT2D eigenvalue weighted by Gasteiger charge is 2.11. The van der Waals surface area contributed by atoms with E-state index >= 15 is 0 Å². The molecule has 0 saturated carbocycles. The molecule has 0 spiro atoms. The number of nitrogens with one attached hydrogen (secondary N) is 2. The number of carbonyl (C=O) groups excluding carboxylic acids is 1. The molecule has 0 unspecified atom stereocenters. The molecule has 0 fully saturated rings. The van der Waals surface area contributed by atoms with Crippen molar-refractivity contribution in [3.63, 3.8) is 0 Å². The van der Waals surface area contributed by atoms with E-state index in [0.29, 0.717) is 41.3 Å². The lowest BCUT2D eigenvalue weighted by atomic mass is 10.1. The molecular weight excluding hydrogens is 320 g/mol. The Hall–Kier alpha value is -2.83. The molecule has 25 heavy (non-hydrogen) atoms. The Kier molecular flexibility index (Phi) is 6.56. The van der Waals surface area contributed by atoms with Crippen molar-refractivity contribution in [1.29, 1.82) is 0 Å². The van der Waals surface area contributed by atoms with Crippen LogP contribution >= 0.6 is 0 Å². The van der Waals surface area contributed by atoms with Crippen LogP contribution in [0.5, 0.6) is 11.5 Å². The first kappa shape index (κ1) is 18.5. The third kappa shape index (κ3) is 5.34. The summed E-state index contributed by atoms with van der Waals surface area (Å²) < 4.78 is 10.5. The molecule has 0 radical (unpaired) electrons. The molecule has 1 aromatic carbocycles. The van der Waals surface area contributed by atoms with E-state index < -0.39 is 0 Å². The standard InChI is InChI=1S/C18H24N4O3/c1-12(2)7-9-19-17(23)15-8-10-20-18(22-15)21-14-6-5-13(24-3)11-16(14)25-4/h5-6,8,10-12H,7,9H2,1-4H3,(H,19,23)(H,20,21,22). The van der Waals surface area contributed by atoms with Crippen LogP contribution in [0.4, 0.5) is 11.6 Å². The van der Waals surface area contributed by atoms with E-state index in [-0.39, 0.29) is 5.91 Å². The monoisotopic (exact) mass is 344 g/mol. The minimum absolute atomic E-state index is 0.215. The van der Waals surface area contributed by atoms with Crippen LogP contribution < -0.4 is 20.1 Å². The maximum absolute atomic E-state index is 12.2. The van der Waals surface area contributed by atoms with E-state index in [1.165, 1.54) is 0 Å². The Morgan fingerprint density at radius 2 is 2.00 bits per heavy atom. The molecule has 0 bridgehead atoms. The number of hydrogen-bond acceptors (Lipinski definition) is 6. The second-order valence-corrected chi connectivity index (χ2v) is 5.90. The van der Waals surface area contributed by atoms with Crippen LogP contribution in [0.2, 0.25) is 0 Å². The zero-order chi connectivity index (χ0) is 18.2. The summed E-state index contributed by atoms with van der Waals surface area (Å²) in [5.74, 6) is 1.91. The number of carbonyl (C=O) groups is 1. The van der Waals surface area contributed by atoms with Crippen molar-refractivity contribution in [3.05, 3.63) is 36.2 Å². The summed E-state index contributed by atoms with van der Waals surface area (Å²) >= 11 is 0. The largest absolute Gasteiger partial charge is 0.497 e. The summed E-state index contributed by atoms with van der Waals surface area (Å²) in [7, 11) is 3.16. The summed E-state index contributed by atoms with van der Waals surface area (Å²) in [6.07, 6.45) is 2.47. The zero-order valence-electron chi connectivity index (χ0n) is 15.0. The van der Waals surface area contributed by atoms with Crippen LogP contribution in [-0.2, 0) is 0 Å². The van der Waals surface area contributed by atoms with Gasteiger partial charge in [-0.25, -0.2) is 9.97 Å². The number of methoxy groups -OCH3 is 2. The molecule has 0 aliphatic rings. The molecule has 0 saturated heterocycles. The third-order valence-corrected chi connectivity index (χ3v) is 3.55. The van der Waals surface area contributed by atoms with E-state index in [1.807, 2.05) is 0 Å². The van der Waals surface area contributed by atoms with E-state index in [1.54, 1.807) is 44.7 Å². The molecule has 1 amide bonds.